The van der Waals surface area contributed by atoms with E-state index in [2.05, 4.69) is 23.7 Å². The molecule has 1 aromatic heterocycles. The van der Waals surface area contributed by atoms with E-state index < -0.39 is 0 Å². The second kappa shape index (κ2) is 4.97. The van der Waals surface area contributed by atoms with Crippen molar-refractivity contribution in [3.05, 3.63) is 17.8 Å². The Morgan fingerprint density at radius 1 is 1.62 bits per heavy atom. The predicted molar refractivity (Wildman–Crippen MR) is 61.1 cm³/mol. The summed E-state index contributed by atoms with van der Waals surface area (Å²) in [5, 5.41) is 8.84. The quantitative estimate of drug-likeness (QED) is 0.846. The highest BCUT2D eigenvalue weighted by atomic mass is 16.3. The first kappa shape index (κ1) is 11.6. The molecular weight excluding hydrogens is 204 g/mol. The number of rotatable bonds is 4. The van der Waals surface area contributed by atoms with Crippen LogP contribution in [0.1, 0.15) is 44.3 Å². The number of likely N-dealkylation sites (tertiary alicyclic amines) is 1. The molecule has 0 spiro atoms. The van der Waals surface area contributed by atoms with Gasteiger partial charge in [0.15, 0.2) is 0 Å². The summed E-state index contributed by atoms with van der Waals surface area (Å²) in [6, 6.07) is 0.855. The lowest BCUT2D eigenvalue weighted by Crippen LogP contribution is -2.30. The van der Waals surface area contributed by atoms with Crippen molar-refractivity contribution < 1.29 is 9.52 Å². The highest BCUT2D eigenvalue weighted by molar-refractivity contribution is 5.03. The molecule has 0 bridgehead atoms. The normalized spacial score (nSPS) is 22.1. The number of aromatic nitrogens is 1. The molecule has 1 atom stereocenters. The first-order chi connectivity index (χ1) is 7.72. The van der Waals surface area contributed by atoms with Crippen LogP contribution in [0.4, 0.5) is 0 Å². The van der Waals surface area contributed by atoms with Crippen LogP contribution in [-0.4, -0.2) is 34.2 Å². The fourth-order valence-electron chi connectivity index (χ4n) is 2.38. The molecule has 1 saturated heterocycles. The molecule has 2 heterocycles. The SMILES string of the molecule is CC(C)N1CCCC1c1nc(CCO)co1. The van der Waals surface area contributed by atoms with Crippen molar-refractivity contribution in [3.8, 4) is 0 Å². The van der Waals surface area contributed by atoms with Crippen molar-refractivity contribution in [2.45, 2.75) is 45.2 Å². The lowest BCUT2D eigenvalue weighted by Gasteiger charge is -2.25. The van der Waals surface area contributed by atoms with E-state index in [0.717, 1.165) is 24.6 Å². The van der Waals surface area contributed by atoms with E-state index in [-0.39, 0.29) is 6.61 Å². The first-order valence-corrected chi connectivity index (χ1v) is 6.03. The van der Waals surface area contributed by atoms with E-state index in [9.17, 15) is 0 Å². The highest BCUT2D eigenvalue weighted by Gasteiger charge is 2.31. The Bertz CT molecular complexity index is 336. The number of nitrogens with zero attached hydrogens (tertiary/aromatic N) is 2. The molecule has 16 heavy (non-hydrogen) atoms. The Morgan fingerprint density at radius 3 is 3.12 bits per heavy atom. The first-order valence-electron chi connectivity index (χ1n) is 6.03. The Morgan fingerprint density at radius 2 is 2.44 bits per heavy atom. The van der Waals surface area contributed by atoms with Gasteiger partial charge in [0.25, 0.3) is 0 Å². The molecule has 2 rings (SSSR count). The van der Waals surface area contributed by atoms with Crippen LogP contribution in [0.3, 0.4) is 0 Å². The summed E-state index contributed by atoms with van der Waals surface area (Å²) < 4.78 is 5.52. The number of aliphatic hydroxyl groups excluding tert-OH is 1. The zero-order valence-electron chi connectivity index (χ0n) is 10.0. The molecule has 1 unspecified atom stereocenters. The Balaban J connectivity index is 2.10. The van der Waals surface area contributed by atoms with Gasteiger partial charge in [-0.15, -0.1) is 0 Å². The fraction of sp³-hybridized carbons (Fsp3) is 0.750. The number of aliphatic hydroxyl groups is 1. The van der Waals surface area contributed by atoms with Gasteiger partial charge in [-0.25, -0.2) is 4.98 Å². The molecule has 90 valence electrons. The molecule has 1 N–H and O–H groups in total. The van der Waals surface area contributed by atoms with Crippen LogP contribution in [0, 0.1) is 0 Å². The average Bonchev–Trinajstić information content (AvgIpc) is 2.83. The van der Waals surface area contributed by atoms with Gasteiger partial charge >= 0.3 is 0 Å². The van der Waals surface area contributed by atoms with E-state index in [1.807, 2.05) is 0 Å². The molecule has 1 aliphatic rings. The van der Waals surface area contributed by atoms with Crippen LogP contribution in [0.5, 0.6) is 0 Å². The summed E-state index contributed by atoms with van der Waals surface area (Å²) in [5.41, 5.74) is 0.855. The summed E-state index contributed by atoms with van der Waals surface area (Å²) >= 11 is 0. The minimum absolute atomic E-state index is 0.129. The van der Waals surface area contributed by atoms with Crippen molar-refractivity contribution >= 4 is 0 Å². The standard InChI is InChI=1S/C12H20N2O2/c1-9(2)14-6-3-4-11(14)12-13-10(5-7-15)8-16-12/h8-9,11,15H,3-7H2,1-2H3. The molecule has 4 heteroatoms. The van der Waals surface area contributed by atoms with Crippen LogP contribution in [0.2, 0.25) is 0 Å². The van der Waals surface area contributed by atoms with Crippen LogP contribution in [0.25, 0.3) is 0 Å². The smallest absolute Gasteiger partial charge is 0.211 e. The van der Waals surface area contributed by atoms with Gasteiger partial charge in [0, 0.05) is 19.1 Å². The number of hydrogen-bond donors (Lipinski definition) is 1. The summed E-state index contributed by atoms with van der Waals surface area (Å²) in [4.78, 5) is 6.87. The van der Waals surface area contributed by atoms with Gasteiger partial charge in [-0.1, -0.05) is 0 Å². The molecule has 0 aromatic carbocycles. The molecule has 1 aliphatic heterocycles. The van der Waals surface area contributed by atoms with Gasteiger partial charge in [0.05, 0.1) is 11.7 Å². The van der Waals surface area contributed by atoms with E-state index >= 15 is 0 Å². The lowest BCUT2D eigenvalue weighted by atomic mass is 10.2. The maximum atomic E-state index is 8.84. The van der Waals surface area contributed by atoms with Gasteiger partial charge in [-0.3, -0.25) is 4.90 Å². The molecule has 1 aromatic rings. The lowest BCUT2D eigenvalue weighted by molar-refractivity contribution is 0.179. The Hall–Kier alpha value is -0.870. The van der Waals surface area contributed by atoms with Crippen molar-refractivity contribution in [3.63, 3.8) is 0 Å². The Kier molecular flexibility index (Phi) is 3.61. The molecule has 0 saturated carbocycles. The third-order valence-corrected chi connectivity index (χ3v) is 3.18. The van der Waals surface area contributed by atoms with Crippen LogP contribution < -0.4 is 0 Å². The topological polar surface area (TPSA) is 49.5 Å². The van der Waals surface area contributed by atoms with Crippen LogP contribution >= 0.6 is 0 Å². The van der Waals surface area contributed by atoms with Gasteiger partial charge in [0.1, 0.15) is 6.26 Å². The summed E-state index contributed by atoms with van der Waals surface area (Å²) in [6.45, 7) is 5.66. The van der Waals surface area contributed by atoms with Gasteiger partial charge in [0.2, 0.25) is 5.89 Å². The zero-order chi connectivity index (χ0) is 11.5. The highest BCUT2D eigenvalue weighted by Crippen LogP contribution is 2.32. The van der Waals surface area contributed by atoms with E-state index in [0.29, 0.717) is 18.5 Å². The van der Waals surface area contributed by atoms with Crippen LogP contribution in [-0.2, 0) is 6.42 Å². The third-order valence-electron chi connectivity index (χ3n) is 3.18. The number of oxazole rings is 1. The van der Waals surface area contributed by atoms with E-state index in [1.54, 1.807) is 6.26 Å². The minimum Gasteiger partial charge on any atom is -0.447 e. The van der Waals surface area contributed by atoms with Gasteiger partial charge in [-0.05, 0) is 33.2 Å². The van der Waals surface area contributed by atoms with Gasteiger partial charge in [-0.2, -0.15) is 0 Å². The van der Waals surface area contributed by atoms with Crippen molar-refractivity contribution in [1.29, 1.82) is 0 Å². The minimum atomic E-state index is 0.129. The summed E-state index contributed by atoms with van der Waals surface area (Å²) in [6.07, 6.45) is 4.58. The largest absolute Gasteiger partial charge is 0.447 e. The summed E-state index contributed by atoms with van der Waals surface area (Å²) in [5.74, 6) is 0.814. The summed E-state index contributed by atoms with van der Waals surface area (Å²) in [7, 11) is 0. The second-order valence-electron chi connectivity index (χ2n) is 4.64. The predicted octanol–water partition coefficient (Wildman–Crippen LogP) is 1.75. The molecule has 0 amide bonds. The van der Waals surface area contributed by atoms with Crippen molar-refractivity contribution in [2.75, 3.05) is 13.2 Å². The fourth-order valence-corrected chi connectivity index (χ4v) is 2.38. The maximum Gasteiger partial charge on any atom is 0.211 e. The second-order valence-corrected chi connectivity index (χ2v) is 4.64. The zero-order valence-corrected chi connectivity index (χ0v) is 10.0. The molecule has 1 fully saturated rings. The maximum absolute atomic E-state index is 8.84. The van der Waals surface area contributed by atoms with Crippen molar-refractivity contribution in [1.82, 2.24) is 9.88 Å². The number of hydrogen-bond acceptors (Lipinski definition) is 4. The van der Waals surface area contributed by atoms with E-state index in [1.165, 1.54) is 6.42 Å². The molecule has 0 aliphatic carbocycles. The molecule has 4 nitrogen and oxygen atoms in total. The molecule has 0 radical (unpaired) electrons. The van der Waals surface area contributed by atoms with E-state index in [4.69, 9.17) is 9.52 Å². The van der Waals surface area contributed by atoms with Crippen molar-refractivity contribution in [2.24, 2.45) is 0 Å². The van der Waals surface area contributed by atoms with Crippen LogP contribution in [0.15, 0.2) is 10.7 Å². The average molecular weight is 224 g/mol. The Labute approximate surface area is 96.3 Å². The van der Waals surface area contributed by atoms with Gasteiger partial charge < -0.3 is 9.52 Å². The third kappa shape index (κ3) is 2.28. The monoisotopic (exact) mass is 224 g/mol. The molecular formula is C12H20N2O2.